The molecule has 0 bridgehead atoms. The monoisotopic (exact) mass is 489 g/mol. The van der Waals surface area contributed by atoms with Gasteiger partial charge in [0, 0.05) is 37.1 Å². The van der Waals surface area contributed by atoms with E-state index in [0.717, 1.165) is 12.8 Å². The zero-order valence-corrected chi connectivity index (χ0v) is 19.8. The molecule has 3 amide bonds. The first kappa shape index (κ1) is 25.0. The van der Waals surface area contributed by atoms with Gasteiger partial charge >= 0.3 is 0 Å². The lowest BCUT2D eigenvalue weighted by molar-refractivity contribution is -0.131. The van der Waals surface area contributed by atoms with Gasteiger partial charge in [-0.05, 0) is 66.8 Å². The third kappa shape index (κ3) is 5.10. The van der Waals surface area contributed by atoms with Crippen molar-refractivity contribution in [1.29, 1.82) is 0 Å². The SMILES string of the molecule is NC(=O)C(c1ccncc1)(C1CCCC1)N(C(=O)CCC(=O)Nc1cccnc1)c1cccc(F)c1. The molecule has 1 aliphatic rings. The summed E-state index contributed by atoms with van der Waals surface area (Å²) in [5, 5.41) is 2.70. The Labute approximate surface area is 208 Å². The highest BCUT2D eigenvalue weighted by molar-refractivity contribution is 6.05. The molecule has 36 heavy (non-hydrogen) atoms. The molecule has 2 heterocycles. The molecular weight excluding hydrogens is 461 g/mol. The molecule has 8 nitrogen and oxygen atoms in total. The van der Waals surface area contributed by atoms with Crippen LogP contribution in [-0.2, 0) is 19.9 Å². The summed E-state index contributed by atoms with van der Waals surface area (Å²) in [5.41, 5.74) is 5.78. The number of pyridine rings is 2. The summed E-state index contributed by atoms with van der Waals surface area (Å²) in [6, 6.07) is 12.2. The molecule has 0 spiro atoms. The van der Waals surface area contributed by atoms with Crippen molar-refractivity contribution in [3.8, 4) is 0 Å². The Bertz CT molecular complexity index is 1220. The maximum atomic E-state index is 14.4. The number of nitrogens with zero attached hydrogens (tertiary/aromatic N) is 3. The van der Waals surface area contributed by atoms with Crippen LogP contribution in [0.5, 0.6) is 0 Å². The second-order valence-electron chi connectivity index (χ2n) is 8.85. The van der Waals surface area contributed by atoms with Crippen LogP contribution in [0.2, 0.25) is 0 Å². The van der Waals surface area contributed by atoms with Gasteiger partial charge in [0.2, 0.25) is 17.7 Å². The second kappa shape index (κ2) is 11.1. The number of benzene rings is 1. The van der Waals surface area contributed by atoms with E-state index in [4.69, 9.17) is 5.73 Å². The highest BCUT2D eigenvalue weighted by atomic mass is 19.1. The van der Waals surface area contributed by atoms with Crippen LogP contribution in [0.25, 0.3) is 0 Å². The number of halogens is 1. The van der Waals surface area contributed by atoms with Gasteiger partial charge in [-0.3, -0.25) is 29.3 Å². The zero-order chi connectivity index (χ0) is 25.5. The lowest BCUT2D eigenvalue weighted by atomic mass is 9.74. The smallest absolute Gasteiger partial charge is 0.248 e. The van der Waals surface area contributed by atoms with Crippen molar-refractivity contribution in [3.05, 3.63) is 84.7 Å². The van der Waals surface area contributed by atoms with E-state index in [9.17, 15) is 18.8 Å². The van der Waals surface area contributed by atoms with E-state index >= 15 is 0 Å². The number of nitrogens with one attached hydrogen (secondary N) is 1. The molecule has 0 radical (unpaired) electrons. The maximum Gasteiger partial charge on any atom is 0.248 e. The largest absolute Gasteiger partial charge is 0.367 e. The number of carbonyl (C=O) groups is 3. The summed E-state index contributed by atoms with van der Waals surface area (Å²) in [6.45, 7) is 0. The first-order valence-electron chi connectivity index (χ1n) is 11.9. The van der Waals surface area contributed by atoms with E-state index in [0.29, 0.717) is 24.1 Å². The second-order valence-corrected chi connectivity index (χ2v) is 8.85. The summed E-state index contributed by atoms with van der Waals surface area (Å²) >= 11 is 0. The van der Waals surface area contributed by atoms with Gasteiger partial charge in [0.15, 0.2) is 5.54 Å². The van der Waals surface area contributed by atoms with Crippen molar-refractivity contribution in [2.24, 2.45) is 11.7 Å². The fourth-order valence-electron chi connectivity index (χ4n) is 5.10. The van der Waals surface area contributed by atoms with Crippen LogP contribution in [0.3, 0.4) is 0 Å². The predicted molar refractivity (Wildman–Crippen MR) is 133 cm³/mol. The van der Waals surface area contributed by atoms with Crippen molar-refractivity contribution in [3.63, 3.8) is 0 Å². The standard InChI is InChI=1S/C27H28FN5O3/c28-21-7-3-9-23(17-21)33(25(35)11-10-24(34)32-22-8-4-14-31-18-22)27(26(29)36,19-5-1-2-6-19)20-12-15-30-16-13-20/h3-4,7-9,12-19H,1-2,5-6,10-11H2,(H2,29,36)(H,32,34). The van der Waals surface area contributed by atoms with Crippen LogP contribution < -0.4 is 16.0 Å². The van der Waals surface area contributed by atoms with Gasteiger partial charge in [0.05, 0.1) is 11.9 Å². The van der Waals surface area contributed by atoms with Gasteiger partial charge in [0.1, 0.15) is 5.82 Å². The minimum Gasteiger partial charge on any atom is -0.367 e. The average molecular weight is 490 g/mol. The molecule has 0 aliphatic heterocycles. The Morgan fingerprint density at radius 2 is 1.75 bits per heavy atom. The van der Waals surface area contributed by atoms with Gasteiger partial charge in [0.25, 0.3) is 0 Å². The number of hydrogen-bond donors (Lipinski definition) is 2. The molecule has 1 fully saturated rings. The third-order valence-corrected chi connectivity index (χ3v) is 6.62. The number of primary amides is 1. The molecule has 1 aliphatic carbocycles. The molecule has 2 aromatic heterocycles. The number of rotatable bonds is 9. The zero-order valence-electron chi connectivity index (χ0n) is 19.8. The summed E-state index contributed by atoms with van der Waals surface area (Å²) in [6.07, 6.45) is 8.91. The van der Waals surface area contributed by atoms with Crippen molar-refractivity contribution in [2.45, 2.75) is 44.1 Å². The van der Waals surface area contributed by atoms with Crippen LogP contribution >= 0.6 is 0 Å². The van der Waals surface area contributed by atoms with Crippen LogP contribution in [0.1, 0.15) is 44.1 Å². The molecular formula is C27H28FN5O3. The van der Waals surface area contributed by atoms with E-state index in [2.05, 4.69) is 15.3 Å². The highest BCUT2D eigenvalue weighted by Gasteiger charge is 2.53. The Hall–Kier alpha value is -4.14. The minimum atomic E-state index is -1.57. The van der Waals surface area contributed by atoms with Gasteiger partial charge in [-0.2, -0.15) is 0 Å². The van der Waals surface area contributed by atoms with Crippen molar-refractivity contribution >= 4 is 29.1 Å². The van der Waals surface area contributed by atoms with Gasteiger partial charge in [-0.25, -0.2) is 4.39 Å². The van der Waals surface area contributed by atoms with E-state index in [-0.39, 0.29) is 30.4 Å². The van der Waals surface area contributed by atoms with E-state index in [1.807, 2.05) is 0 Å². The van der Waals surface area contributed by atoms with Crippen molar-refractivity contribution < 1.29 is 18.8 Å². The highest BCUT2D eigenvalue weighted by Crippen LogP contribution is 2.47. The number of anilines is 2. The molecule has 0 saturated heterocycles. The van der Waals surface area contributed by atoms with E-state index < -0.39 is 23.2 Å². The Balaban J connectivity index is 1.74. The predicted octanol–water partition coefficient (Wildman–Crippen LogP) is 3.94. The van der Waals surface area contributed by atoms with Crippen LogP contribution in [0, 0.1) is 11.7 Å². The third-order valence-electron chi connectivity index (χ3n) is 6.62. The Morgan fingerprint density at radius 1 is 1.00 bits per heavy atom. The maximum absolute atomic E-state index is 14.4. The topological polar surface area (TPSA) is 118 Å². The molecule has 9 heteroatoms. The molecule has 1 aromatic carbocycles. The van der Waals surface area contributed by atoms with Crippen molar-refractivity contribution in [2.75, 3.05) is 10.2 Å². The number of aromatic nitrogens is 2. The molecule has 186 valence electrons. The normalized spacial score (nSPS) is 15.1. The molecule has 1 saturated carbocycles. The average Bonchev–Trinajstić information content (AvgIpc) is 3.42. The molecule has 4 rings (SSSR count). The molecule has 3 aromatic rings. The van der Waals surface area contributed by atoms with Gasteiger partial charge in [-0.15, -0.1) is 0 Å². The lowest BCUT2D eigenvalue weighted by Crippen LogP contribution is -2.61. The fourth-order valence-corrected chi connectivity index (χ4v) is 5.10. The molecule has 1 atom stereocenters. The van der Waals surface area contributed by atoms with Crippen LogP contribution in [-0.4, -0.2) is 27.7 Å². The number of carbonyl (C=O) groups excluding carboxylic acids is 3. The summed E-state index contributed by atoms with van der Waals surface area (Å²) in [4.78, 5) is 49.2. The summed E-state index contributed by atoms with van der Waals surface area (Å²) in [5.74, 6) is -2.44. The van der Waals surface area contributed by atoms with Gasteiger partial charge < -0.3 is 11.1 Å². The molecule has 3 N–H and O–H groups in total. The summed E-state index contributed by atoms with van der Waals surface area (Å²) in [7, 11) is 0. The lowest BCUT2D eigenvalue weighted by Gasteiger charge is -2.46. The van der Waals surface area contributed by atoms with Crippen LogP contribution in [0.15, 0.2) is 73.3 Å². The number of amides is 3. The number of nitrogens with two attached hydrogens (primary N) is 1. The fraction of sp³-hybridized carbons (Fsp3) is 0.296. The summed E-state index contributed by atoms with van der Waals surface area (Å²) < 4.78 is 14.4. The minimum absolute atomic E-state index is 0.143. The van der Waals surface area contributed by atoms with Gasteiger partial charge in [-0.1, -0.05) is 18.9 Å². The first-order chi connectivity index (χ1) is 17.4. The first-order valence-corrected chi connectivity index (χ1v) is 11.9. The van der Waals surface area contributed by atoms with Crippen LogP contribution in [0.4, 0.5) is 15.8 Å². The molecule has 1 unspecified atom stereocenters. The quantitative estimate of drug-likeness (QED) is 0.472. The Morgan fingerprint density at radius 3 is 2.39 bits per heavy atom. The Kier molecular flexibility index (Phi) is 7.68. The number of hydrogen-bond acceptors (Lipinski definition) is 5. The van der Waals surface area contributed by atoms with E-state index in [1.165, 1.54) is 41.7 Å². The van der Waals surface area contributed by atoms with E-state index in [1.54, 1.807) is 36.5 Å². The van der Waals surface area contributed by atoms with Crippen molar-refractivity contribution in [1.82, 2.24) is 9.97 Å².